The molecule has 2 amide bonds. The van der Waals surface area contributed by atoms with Crippen LogP contribution in [-0.4, -0.2) is 36.6 Å². The summed E-state index contributed by atoms with van der Waals surface area (Å²) in [6, 6.07) is 0.232. The molecular weight excluding hydrogens is 202 g/mol. The molecule has 0 saturated carbocycles. The van der Waals surface area contributed by atoms with Crippen LogP contribution in [0, 0.1) is 5.92 Å². The Morgan fingerprint density at radius 1 is 1.25 bits per heavy atom. The topological polar surface area (TPSA) is 58.4 Å². The van der Waals surface area contributed by atoms with Crippen molar-refractivity contribution in [2.75, 3.05) is 19.6 Å². The van der Waals surface area contributed by atoms with Crippen molar-refractivity contribution >= 4 is 6.03 Å². The normalized spacial score (nSPS) is 21.1. The molecule has 0 aromatic carbocycles. The molecule has 0 radical (unpaired) electrons. The molecule has 1 heterocycles. The highest BCUT2D eigenvalue weighted by Gasteiger charge is 2.19. The molecule has 0 aromatic rings. The van der Waals surface area contributed by atoms with E-state index in [9.17, 15) is 4.79 Å². The van der Waals surface area contributed by atoms with Crippen molar-refractivity contribution in [2.45, 2.75) is 45.6 Å². The first kappa shape index (κ1) is 13.3. The minimum absolute atomic E-state index is 0.0784. The molecule has 1 saturated heterocycles. The van der Waals surface area contributed by atoms with E-state index in [1.807, 2.05) is 11.8 Å². The SMILES string of the molecule is CC(CN)C(C)NC(=O)N1CCCCCC1. The van der Waals surface area contributed by atoms with Crippen molar-refractivity contribution in [2.24, 2.45) is 11.7 Å². The van der Waals surface area contributed by atoms with E-state index in [1.54, 1.807) is 0 Å². The first-order chi connectivity index (χ1) is 7.65. The fourth-order valence-corrected chi connectivity index (χ4v) is 1.91. The number of rotatable bonds is 3. The Kier molecular flexibility index (Phi) is 5.60. The Bertz CT molecular complexity index is 212. The highest BCUT2D eigenvalue weighted by atomic mass is 16.2. The number of nitrogens with two attached hydrogens (primary N) is 1. The minimum atomic E-state index is 0.0784. The zero-order valence-corrected chi connectivity index (χ0v) is 10.5. The summed E-state index contributed by atoms with van der Waals surface area (Å²) < 4.78 is 0. The van der Waals surface area contributed by atoms with Gasteiger partial charge in [0.15, 0.2) is 0 Å². The van der Waals surface area contributed by atoms with E-state index < -0.39 is 0 Å². The Morgan fingerprint density at radius 3 is 2.31 bits per heavy atom. The van der Waals surface area contributed by atoms with Crippen LogP contribution in [0.1, 0.15) is 39.5 Å². The number of amides is 2. The van der Waals surface area contributed by atoms with Crippen LogP contribution < -0.4 is 11.1 Å². The van der Waals surface area contributed by atoms with Crippen LogP contribution in [0.4, 0.5) is 4.79 Å². The number of nitrogens with one attached hydrogen (secondary N) is 1. The van der Waals surface area contributed by atoms with Crippen molar-refractivity contribution in [3.8, 4) is 0 Å². The fourth-order valence-electron chi connectivity index (χ4n) is 1.91. The molecule has 1 aliphatic rings. The maximum absolute atomic E-state index is 12.0. The van der Waals surface area contributed by atoms with Gasteiger partial charge in [0.05, 0.1) is 0 Å². The number of urea groups is 1. The Hall–Kier alpha value is -0.770. The first-order valence-electron chi connectivity index (χ1n) is 6.40. The summed E-state index contributed by atoms with van der Waals surface area (Å²) in [5.41, 5.74) is 5.59. The van der Waals surface area contributed by atoms with Crippen LogP contribution in [0.2, 0.25) is 0 Å². The lowest BCUT2D eigenvalue weighted by atomic mass is 10.0. The van der Waals surface area contributed by atoms with Crippen LogP contribution >= 0.6 is 0 Å². The summed E-state index contributed by atoms with van der Waals surface area (Å²) in [7, 11) is 0. The average Bonchev–Trinajstić information content (AvgIpc) is 2.56. The summed E-state index contributed by atoms with van der Waals surface area (Å²) >= 11 is 0. The van der Waals surface area contributed by atoms with Gasteiger partial charge in [-0.1, -0.05) is 19.8 Å². The Morgan fingerprint density at radius 2 is 1.81 bits per heavy atom. The van der Waals surface area contributed by atoms with E-state index in [0.29, 0.717) is 12.5 Å². The molecule has 4 heteroatoms. The van der Waals surface area contributed by atoms with Gasteiger partial charge in [-0.2, -0.15) is 0 Å². The van der Waals surface area contributed by atoms with Crippen LogP contribution in [0.15, 0.2) is 0 Å². The molecule has 0 bridgehead atoms. The Labute approximate surface area is 98.6 Å². The van der Waals surface area contributed by atoms with Crippen LogP contribution in [0.25, 0.3) is 0 Å². The van der Waals surface area contributed by atoms with Crippen LogP contribution in [0.3, 0.4) is 0 Å². The molecule has 1 fully saturated rings. The largest absolute Gasteiger partial charge is 0.335 e. The van der Waals surface area contributed by atoms with Gasteiger partial charge in [-0.25, -0.2) is 4.79 Å². The predicted octanol–water partition coefficient (Wildman–Crippen LogP) is 1.56. The molecule has 2 atom stereocenters. The minimum Gasteiger partial charge on any atom is -0.335 e. The summed E-state index contributed by atoms with van der Waals surface area (Å²) in [6.45, 7) is 6.49. The molecule has 94 valence electrons. The van der Waals surface area contributed by atoms with E-state index in [4.69, 9.17) is 5.73 Å². The van der Waals surface area contributed by atoms with E-state index in [1.165, 1.54) is 12.8 Å². The maximum Gasteiger partial charge on any atom is 0.317 e. The van der Waals surface area contributed by atoms with Gasteiger partial charge in [0.2, 0.25) is 0 Å². The lowest BCUT2D eigenvalue weighted by molar-refractivity contribution is 0.193. The summed E-state index contributed by atoms with van der Waals surface area (Å²) in [6.07, 6.45) is 4.76. The summed E-state index contributed by atoms with van der Waals surface area (Å²) in [5, 5.41) is 3.04. The van der Waals surface area contributed by atoms with Gasteiger partial charge in [0.25, 0.3) is 0 Å². The van der Waals surface area contributed by atoms with E-state index >= 15 is 0 Å². The van der Waals surface area contributed by atoms with Crippen LogP contribution in [-0.2, 0) is 0 Å². The molecule has 1 rings (SSSR count). The second-order valence-electron chi connectivity index (χ2n) is 4.85. The fraction of sp³-hybridized carbons (Fsp3) is 0.917. The van der Waals surface area contributed by atoms with E-state index in [2.05, 4.69) is 12.2 Å². The molecule has 3 N–H and O–H groups in total. The number of carbonyl (C=O) groups is 1. The van der Waals surface area contributed by atoms with Gasteiger partial charge in [0.1, 0.15) is 0 Å². The van der Waals surface area contributed by atoms with Crippen molar-refractivity contribution < 1.29 is 4.79 Å². The van der Waals surface area contributed by atoms with E-state index in [0.717, 1.165) is 25.9 Å². The molecule has 1 aliphatic heterocycles. The predicted molar refractivity (Wildman–Crippen MR) is 66.3 cm³/mol. The zero-order valence-electron chi connectivity index (χ0n) is 10.5. The Balaban J connectivity index is 2.37. The lowest BCUT2D eigenvalue weighted by Gasteiger charge is -2.26. The second kappa shape index (κ2) is 6.74. The van der Waals surface area contributed by atoms with Gasteiger partial charge in [-0.05, 0) is 32.2 Å². The molecule has 16 heavy (non-hydrogen) atoms. The zero-order chi connectivity index (χ0) is 12.0. The molecule has 2 unspecified atom stereocenters. The summed E-state index contributed by atoms with van der Waals surface area (Å²) in [5.74, 6) is 0.330. The molecule has 0 spiro atoms. The number of likely N-dealkylation sites (tertiary alicyclic amines) is 1. The third-order valence-electron chi connectivity index (χ3n) is 3.47. The van der Waals surface area contributed by atoms with E-state index in [-0.39, 0.29) is 12.1 Å². The average molecular weight is 227 g/mol. The highest BCUT2D eigenvalue weighted by Crippen LogP contribution is 2.10. The van der Waals surface area contributed by atoms with Gasteiger partial charge >= 0.3 is 6.03 Å². The monoisotopic (exact) mass is 227 g/mol. The van der Waals surface area contributed by atoms with Gasteiger partial charge in [-0.15, -0.1) is 0 Å². The van der Waals surface area contributed by atoms with Gasteiger partial charge < -0.3 is 16.0 Å². The van der Waals surface area contributed by atoms with Gasteiger partial charge in [0, 0.05) is 19.1 Å². The number of hydrogen-bond acceptors (Lipinski definition) is 2. The van der Waals surface area contributed by atoms with Crippen molar-refractivity contribution in [3.05, 3.63) is 0 Å². The van der Waals surface area contributed by atoms with Crippen LogP contribution in [0.5, 0.6) is 0 Å². The molecule has 0 aromatic heterocycles. The van der Waals surface area contributed by atoms with Gasteiger partial charge in [-0.3, -0.25) is 0 Å². The number of nitrogens with zero attached hydrogens (tertiary/aromatic N) is 1. The first-order valence-corrected chi connectivity index (χ1v) is 6.40. The highest BCUT2D eigenvalue weighted by molar-refractivity contribution is 5.74. The third-order valence-corrected chi connectivity index (χ3v) is 3.47. The number of carbonyl (C=O) groups excluding carboxylic acids is 1. The number of hydrogen-bond donors (Lipinski definition) is 2. The molecule has 0 aliphatic carbocycles. The smallest absolute Gasteiger partial charge is 0.317 e. The second-order valence-corrected chi connectivity index (χ2v) is 4.85. The van der Waals surface area contributed by atoms with Crippen molar-refractivity contribution in [3.63, 3.8) is 0 Å². The quantitative estimate of drug-likeness (QED) is 0.768. The third kappa shape index (κ3) is 4.00. The lowest BCUT2D eigenvalue weighted by Crippen LogP contribution is -2.47. The molecular formula is C12H25N3O. The van der Waals surface area contributed by atoms with Crippen molar-refractivity contribution in [1.29, 1.82) is 0 Å². The molecule has 4 nitrogen and oxygen atoms in total. The van der Waals surface area contributed by atoms with Crippen molar-refractivity contribution in [1.82, 2.24) is 10.2 Å². The standard InChI is InChI=1S/C12H25N3O/c1-10(9-13)11(2)14-12(16)15-7-5-3-4-6-8-15/h10-11H,3-9,13H2,1-2H3,(H,14,16). The maximum atomic E-state index is 12.0. The summed E-state index contributed by atoms with van der Waals surface area (Å²) in [4.78, 5) is 13.9.